The Morgan fingerprint density at radius 1 is 1.10 bits per heavy atom. The van der Waals surface area contributed by atoms with E-state index >= 15 is 0 Å². The molecule has 1 saturated carbocycles. The van der Waals surface area contributed by atoms with E-state index in [9.17, 15) is 14.7 Å². The van der Waals surface area contributed by atoms with Gasteiger partial charge in [-0.15, -0.1) is 0 Å². The van der Waals surface area contributed by atoms with Crippen molar-refractivity contribution in [3.05, 3.63) is 0 Å². The summed E-state index contributed by atoms with van der Waals surface area (Å²) in [7, 11) is 0. The first-order chi connectivity index (χ1) is 9.60. The number of carboxylic acid groups (broad SMARTS) is 1. The van der Waals surface area contributed by atoms with Crippen LogP contribution in [-0.4, -0.2) is 35.0 Å². The van der Waals surface area contributed by atoms with Gasteiger partial charge in [0.25, 0.3) is 0 Å². The number of hydrogen-bond donors (Lipinski definition) is 1. The molecule has 0 radical (unpaired) electrons. The summed E-state index contributed by atoms with van der Waals surface area (Å²) in [6, 6.07) is 0. The van der Waals surface area contributed by atoms with Crippen LogP contribution in [0.25, 0.3) is 0 Å². The highest BCUT2D eigenvalue weighted by Gasteiger charge is 2.69. The van der Waals surface area contributed by atoms with E-state index in [0.29, 0.717) is 32.4 Å². The van der Waals surface area contributed by atoms with Gasteiger partial charge >= 0.3 is 5.97 Å². The second-order valence-electron chi connectivity index (χ2n) is 8.04. The zero-order valence-corrected chi connectivity index (χ0v) is 14.0. The SMILES string of the molecule is CCCC1(C(=O)O)CCN(C(=O)C2C(C)(C)C2(C)C)CC1. The fourth-order valence-electron chi connectivity index (χ4n) is 4.20. The van der Waals surface area contributed by atoms with Gasteiger partial charge in [0.2, 0.25) is 5.91 Å². The molecule has 21 heavy (non-hydrogen) atoms. The van der Waals surface area contributed by atoms with Gasteiger partial charge in [0.1, 0.15) is 0 Å². The Labute approximate surface area is 127 Å². The van der Waals surface area contributed by atoms with Crippen LogP contribution in [0.5, 0.6) is 0 Å². The van der Waals surface area contributed by atoms with Gasteiger partial charge in [-0.05, 0) is 30.1 Å². The highest BCUT2D eigenvalue weighted by Crippen LogP contribution is 2.68. The van der Waals surface area contributed by atoms with E-state index in [-0.39, 0.29) is 22.7 Å². The maximum Gasteiger partial charge on any atom is 0.309 e. The van der Waals surface area contributed by atoms with Crippen molar-refractivity contribution in [2.75, 3.05) is 13.1 Å². The fourth-order valence-corrected chi connectivity index (χ4v) is 4.20. The molecule has 0 aromatic heterocycles. The summed E-state index contributed by atoms with van der Waals surface area (Å²) in [5.41, 5.74) is -0.510. The lowest BCUT2D eigenvalue weighted by atomic mass is 9.75. The van der Waals surface area contributed by atoms with E-state index in [1.807, 2.05) is 11.8 Å². The Balaban J connectivity index is 2.02. The highest BCUT2D eigenvalue weighted by atomic mass is 16.4. The predicted molar refractivity (Wildman–Crippen MR) is 81.8 cm³/mol. The number of carboxylic acids is 1. The molecule has 0 aromatic rings. The number of likely N-dealkylation sites (tertiary alicyclic amines) is 1. The number of amides is 1. The summed E-state index contributed by atoms with van der Waals surface area (Å²) in [6.45, 7) is 11.8. The zero-order valence-electron chi connectivity index (χ0n) is 14.0. The van der Waals surface area contributed by atoms with Crippen molar-refractivity contribution in [2.45, 2.75) is 60.3 Å². The summed E-state index contributed by atoms with van der Waals surface area (Å²) in [6.07, 6.45) is 2.78. The first-order valence-electron chi connectivity index (χ1n) is 8.12. The van der Waals surface area contributed by atoms with Crippen LogP contribution in [0.3, 0.4) is 0 Å². The molecule has 2 aliphatic rings. The molecule has 1 amide bonds. The molecular weight excluding hydrogens is 266 g/mol. The average Bonchev–Trinajstić information content (AvgIpc) is 2.80. The Kier molecular flexibility index (Phi) is 3.88. The maximum absolute atomic E-state index is 12.7. The van der Waals surface area contributed by atoms with E-state index < -0.39 is 11.4 Å². The third-order valence-corrected chi connectivity index (χ3v) is 6.48. The molecule has 120 valence electrons. The Morgan fingerprint density at radius 2 is 1.57 bits per heavy atom. The highest BCUT2D eigenvalue weighted by molar-refractivity contribution is 5.84. The zero-order chi connectivity index (χ0) is 16.1. The van der Waals surface area contributed by atoms with Gasteiger partial charge in [0, 0.05) is 19.0 Å². The Bertz CT molecular complexity index is 431. The van der Waals surface area contributed by atoms with Crippen molar-refractivity contribution in [1.82, 2.24) is 4.90 Å². The fraction of sp³-hybridized carbons (Fsp3) is 0.882. The van der Waals surface area contributed by atoms with Crippen molar-refractivity contribution >= 4 is 11.9 Å². The van der Waals surface area contributed by atoms with Gasteiger partial charge in [0.15, 0.2) is 0 Å². The molecule has 1 heterocycles. The van der Waals surface area contributed by atoms with Crippen molar-refractivity contribution in [1.29, 1.82) is 0 Å². The molecule has 1 aliphatic heterocycles. The molecule has 0 unspecified atom stereocenters. The van der Waals surface area contributed by atoms with Gasteiger partial charge in [-0.25, -0.2) is 0 Å². The van der Waals surface area contributed by atoms with Gasteiger partial charge in [0.05, 0.1) is 5.41 Å². The molecule has 1 N–H and O–H groups in total. The third-order valence-electron chi connectivity index (χ3n) is 6.48. The largest absolute Gasteiger partial charge is 0.481 e. The molecule has 1 aliphatic carbocycles. The maximum atomic E-state index is 12.7. The van der Waals surface area contributed by atoms with Crippen LogP contribution in [0.1, 0.15) is 60.3 Å². The molecule has 0 spiro atoms. The normalized spacial score (nSPS) is 26.4. The van der Waals surface area contributed by atoms with E-state index in [2.05, 4.69) is 27.7 Å². The minimum atomic E-state index is -0.691. The van der Waals surface area contributed by atoms with Gasteiger partial charge in [-0.2, -0.15) is 0 Å². The van der Waals surface area contributed by atoms with Crippen molar-refractivity contribution < 1.29 is 14.7 Å². The molecular formula is C17H29NO3. The molecule has 1 saturated heterocycles. The van der Waals surface area contributed by atoms with Crippen LogP contribution >= 0.6 is 0 Å². The van der Waals surface area contributed by atoms with Gasteiger partial charge in [-0.3, -0.25) is 9.59 Å². The molecule has 0 aromatic carbocycles. The van der Waals surface area contributed by atoms with Gasteiger partial charge < -0.3 is 10.0 Å². The minimum Gasteiger partial charge on any atom is -0.481 e. The van der Waals surface area contributed by atoms with Crippen LogP contribution in [0, 0.1) is 22.2 Å². The molecule has 0 bridgehead atoms. The summed E-state index contributed by atoms with van der Waals surface area (Å²) < 4.78 is 0. The lowest BCUT2D eigenvalue weighted by Gasteiger charge is -2.39. The first-order valence-corrected chi connectivity index (χ1v) is 8.12. The lowest BCUT2D eigenvalue weighted by molar-refractivity contribution is -0.155. The van der Waals surface area contributed by atoms with Gasteiger partial charge in [-0.1, -0.05) is 41.0 Å². The Morgan fingerprint density at radius 3 is 1.90 bits per heavy atom. The number of piperidine rings is 1. The van der Waals surface area contributed by atoms with E-state index in [4.69, 9.17) is 0 Å². The average molecular weight is 295 g/mol. The van der Waals surface area contributed by atoms with Crippen molar-refractivity contribution in [3.63, 3.8) is 0 Å². The van der Waals surface area contributed by atoms with Crippen LogP contribution < -0.4 is 0 Å². The number of aliphatic carboxylic acids is 1. The molecule has 4 heteroatoms. The monoisotopic (exact) mass is 295 g/mol. The summed E-state index contributed by atoms with van der Waals surface area (Å²) in [5, 5.41) is 9.53. The number of carbonyl (C=O) groups excluding carboxylic acids is 1. The van der Waals surface area contributed by atoms with E-state index in [1.165, 1.54) is 0 Å². The first kappa shape index (κ1) is 16.3. The Hall–Kier alpha value is -1.06. The summed E-state index contributed by atoms with van der Waals surface area (Å²) in [4.78, 5) is 26.2. The smallest absolute Gasteiger partial charge is 0.309 e. The van der Waals surface area contributed by atoms with Crippen molar-refractivity contribution in [2.24, 2.45) is 22.2 Å². The van der Waals surface area contributed by atoms with Crippen LogP contribution in [0.4, 0.5) is 0 Å². The quantitative estimate of drug-likeness (QED) is 0.866. The standard InChI is InChI=1S/C17H29NO3/c1-6-7-17(14(20)21)8-10-18(11-9-17)13(19)12-15(2,3)16(12,4)5/h12H,6-11H2,1-5H3,(H,20,21). The van der Waals surface area contributed by atoms with Crippen LogP contribution in [0.2, 0.25) is 0 Å². The number of carbonyl (C=O) groups is 2. The van der Waals surface area contributed by atoms with E-state index in [1.54, 1.807) is 0 Å². The summed E-state index contributed by atoms with van der Waals surface area (Å²) >= 11 is 0. The second-order valence-corrected chi connectivity index (χ2v) is 8.04. The lowest BCUT2D eigenvalue weighted by Crippen LogP contribution is -2.47. The minimum absolute atomic E-state index is 0.0504. The summed E-state index contributed by atoms with van der Waals surface area (Å²) in [5.74, 6) is -0.391. The van der Waals surface area contributed by atoms with Crippen LogP contribution in [-0.2, 0) is 9.59 Å². The molecule has 2 rings (SSSR count). The third kappa shape index (κ3) is 2.36. The number of nitrogens with zero attached hydrogens (tertiary/aromatic N) is 1. The predicted octanol–water partition coefficient (Wildman–Crippen LogP) is 3.16. The molecule has 2 fully saturated rings. The topological polar surface area (TPSA) is 57.6 Å². The van der Waals surface area contributed by atoms with E-state index in [0.717, 1.165) is 6.42 Å². The number of rotatable bonds is 4. The van der Waals surface area contributed by atoms with Crippen LogP contribution in [0.15, 0.2) is 0 Å². The molecule has 0 atom stereocenters. The second kappa shape index (κ2) is 4.99. The number of hydrogen-bond acceptors (Lipinski definition) is 2. The van der Waals surface area contributed by atoms with Crippen molar-refractivity contribution in [3.8, 4) is 0 Å². The molecule has 4 nitrogen and oxygen atoms in total.